The molecule has 3 heteroatoms. The van der Waals surface area contributed by atoms with Crippen LogP contribution in [0.25, 0.3) is 11.3 Å². The van der Waals surface area contributed by atoms with E-state index in [2.05, 4.69) is 55.9 Å². The van der Waals surface area contributed by atoms with E-state index >= 15 is 0 Å². The summed E-state index contributed by atoms with van der Waals surface area (Å²) in [7, 11) is 2.06. The second kappa shape index (κ2) is 7.55. The number of nitrogens with one attached hydrogen (secondary N) is 1. The van der Waals surface area contributed by atoms with E-state index in [1.807, 2.05) is 6.07 Å². The lowest BCUT2D eigenvalue weighted by Gasteiger charge is -2.19. The van der Waals surface area contributed by atoms with Crippen LogP contribution in [-0.2, 0) is 6.42 Å². The van der Waals surface area contributed by atoms with Crippen LogP contribution in [0.1, 0.15) is 31.7 Å². The van der Waals surface area contributed by atoms with Gasteiger partial charge in [0.25, 0.3) is 0 Å². The van der Waals surface area contributed by atoms with Gasteiger partial charge in [0.05, 0.1) is 10.7 Å². The van der Waals surface area contributed by atoms with Crippen LogP contribution < -0.4 is 5.32 Å². The van der Waals surface area contributed by atoms with Gasteiger partial charge in [-0.2, -0.15) is 0 Å². The third-order valence-corrected chi connectivity index (χ3v) is 4.61. The Balaban J connectivity index is 1.88. The van der Waals surface area contributed by atoms with Crippen LogP contribution in [0.15, 0.2) is 35.7 Å². The first-order valence-electron chi connectivity index (χ1n) is 7.37. The summed E-state index contributed by atoms with van der Waals surface area (Å²) in [5.74, 6) is 0.691. The molecule has 2 rings (SSSR count). The van der Waals surface area contributed by atoms with Gasteiger partial charge < -0.3 is 5.32 Å². The van der Waals surface area contributed by atoms with Gasteiger partial charge in [0.15, 0.2) is 0 Å². The molecule has 1 unspecified atom stereocenters. The molecule has 0 aliphatic carbocycles. The molecule has 1 aromatic heterocycles. The molecule has 20 heavy (non-hydrogen) atoms. The molecular formula is C17H24N2S. The average molecular weight is 288 g/mol. The van der Waals surface area contributed by atoms with E-state index in [0.717, 1.165) is 12.1 Å². The highest BCUT2D eigenvalue weighted by Crippen LogP contribution is 2.23. The van der Waals surface area contributed by atoms with Crippen molar-refractivity contribution in [2.24, 2.45) is 5.92 Å². The maximum absolute atomic E-state index is 4.75. The maximum Gasteiger partial charge on any atom is 0.0932 e. The van der Waals surface area contributed by atoms with E-state index in [4.69, 9.17) is 4.98 Å². The van der Waals surface area contributed by atoms with Crippen LogP contribution in [0.3, 0.4) is 0 Å². The molecule has 0 amide bonds. The molecule has 1 heterocycles. The van der Waals surface area contributed by atoms with E-state index in [9.17, 15) is 0 Å². The van der Waals surface area contributed by atoms with Gasteiger partial charge in [0.1, 0.15) is 0 Å². The fourth-order valence-corrected chi connectivity index (χ4v) is 3.30. The molecule has 0 saturated heterocycles. The molecule has 0 radical (unpaired) electrons. The SMILES string of the molecule is CNC(CCCc1nc(-c2ccccc2)cs1)C(C)C. The van der Waals surface area contributed by atoms with Gasteiger partial charge in [-0.25, -0.2) is 4.98 Å². The second-order valence-electron chi connectivity index (χ2n) is 5.52. The predicted molar refractivity (Wildman–Crippen MR) is 88.2 cm³/mol. The van der Waals surface area contributed by atoms with Crippen LogP contribution in [0.4, 0.5) is 0 Å². The van der Waals surface area contributed by atoms with Crippen LogP contribution >= 0.6 is 11.3 Å². The minimum absolute atomic E-state index is 0.614. The van der Waals surface area contributed by atoms with Crippen LogP contribution in [0.5, 0.6) is 0 Å². The number of aryl methyl sites for hydroxylation is 1. The maximum atomic E-state index is 4.75. The normalized spacial score (nSPS) is 12.8. The smallest absolute Gasteiger partial charge is 0.0932 e. The molecule has 1 aromatic carbocycles. The number of thiazole rings is 1. The van der Waals surface area contributed by atoms with Gasteiger partial charge in [-0.15, -0.1) is 11.3 Å². The topological polar surface area (TPSA) is 24.9 Å². The number of nitrogens with zero attached hydrogens (tertiary/aromatic N) is 1. The molecule has 0 fully saturated rings. The Bertz CT molecular complexity index is 505. The van der Waals surface area contributed by atoms with E-state index in [0.29, 0.717) is 12.0 Å². The summed E-state index contributed by atoms with van der Waals surface area (Å²) in [6.45, 7) is 4.55. The van der Waals surface area contributed by atoms with Crippen molar-refractivity contribution in [3.8, 4) is 11.3 Å². The number of hydrogen-bond acceptors (Lipinski definition) is 3. The van der Waals surface area contributed by atoms with Crippen molar-refractivity contribution in [1.29, 1.82) is 0 Å². The summed E-state index contributed by atoms with van der Waals surface area (Å²) in [6, 6.07) is 11.0. The minimum atomic E-state index is 0.614. The average Bonchev–Trinajstić information content (AvgIpc) is 2.93. The number of aromatic nitrogens is 1. The Morgan fingerprint density at radius 3 is 2.60 bits per heavy atom. The molecule has 108 valence electrons. The molecule has 0 aliphatic heterocycles. The Morgan fingerprint density at radius 2 is 1.95 bits per heavy atom. The van der Waals surface area contributed by atoms with Gasteiger partial charge in [0.2, 0.25) is 0 Å². The summed E-state index contributed by atoms with van der Waals surface area (Å²) >= 11 is 1.78. The van der Waals surface area contributed by atoms with Crippen molar-refractivity contribution in [2.45, 2.75) is 39.2 Å². The third kappa shape index (κ3) is 4.15. The van der Waals surface area contributed by atoms with Crippen molar-refractivity contribution in [1.82, 2.24) is 10.3 Å². The molecule has 0 spiro atoms. The lowest BCUT2D eigenvalue weighted by Crippen LogP contribution is -2.30. The highest BCUT2D eigenvalue weighted by atomic mass is 32.1. The predicted octanol–water partition coefficient (Wildman–Crippen LogP) is 4.38. The van der Waals surface area contributed by atoms with Crippen molar-refractivity contribution in [3.63, 3.8) is 0 Å². The third-order valence-electron chi connectivity index (χ3n) is 3.70. The summed E-state index contributed by atoms with van der Waals surface area (Å²) < 4.78 is 0. The first-order valence-corrected chi connectivity index (χ1v) is 8.25. The standard InChI is InChI=1S/C17H24N2S/c1-13(2)15(18-3)10-7-11-17-19-16(12-20-17)14-8-5-4-6-9-14/h4-6,8-9,12-13,15,18H,7,10-11H2,1-3H3. The highest BCUT2D eigenvalue weighted by Gasteiger charge is 2.11. The van der Waals surface area contributed by atoms with Crippen molar-refractivity contribution in [3.05, 3.63) is 40.7 Å². The Kier molecular flexibility index (Phi) is 5.74. The zero-order valence-corrected chi connectivity index (χ0v) is 13.4. The Hall–Kier alpha value is -1.19. The summed E-state index contributed by atoms with van der Waals surface area (Å²) in [6.07, 6.45) is 3.50. The molecule has 1 atom stereocenters. The zero-order valence-electron chi connectivity index (χ0n) is 12.6. The van der Waals surface area contributed by atoms with Gasteiger partial charge >= 0.3 is 0 Å². The summed E-state index contributed by atoms with van der Waals surface area (Å²) in [5, 5.41) is 6.82. The van der Waals surface area contributed by atoms with Crippen molar-refractivity contribution >= 4 is 11.3 Å². The van der Waals surface area contributed by atoms with Gasteiger partial charge in [-0.05, 0) is 32.2 Å². The molecule has 0 saturated carbocycles. The number of rotatable bonds is 7. The first kappa shape index (κ1) is 15.2. The monoisotopic (exact) mass is 288 g/mol. The van der Waals surface area contributed by atoms with Crippen molar-refractivity contribution in [2.75, 3.05) is 7.05 Å². The second-order valence-corrected chi connectivity index (χ2v) is 6.47. The first-order chi connectivity index (χ1) is 9.70. The minimum Gasteiger partial charge on any atom is -0.317 e. The molecule has 1 N–H and O–H groups in total. The zero-order chi connectivity index (χ0) is 14.4. The molecule has 0 bridgehead atoms. The van der Waals surface area contributed by atoms with Crippen LogP contribution in [0.2, 0.25) is 0 Å². The molecule has 0 aliphatic rings. The quantitative estimate of drug-likeness (QED) is 0.818. The van der Waals surface area contributed by atoms with Crippen LogP contribution in [-0.4, -0.2) is 18.1 Å². The number of hydrogen-bond donors (Lipinski definition) is 1. The van der Waals surface area contributed by atoms with Gasteiger partial charge in [0, 0.05) is 17.0 Å². The summed E-state index contributed by atoms with van der Waals surface area (Å²) in [5.41, 5.74) is 2.32. The Morgan fingerprint density at radius 1 is 1.20 bits per heavy atom. The van der Waals surface area contributed by atoms with Gasteiger partial charge in [-0.3, -0.25) is 0 Å². The highest BCUT2D eigenvalue weighted by molar-refractivity contribution is 7.09. The fourth-order valence-electron chi connectivity index (χ4n) is 2.45. The van der Waals surface area contributed by atoms with E-state index < -0.39 is 0 Å². The molecule has 2 nitrogen and oxygen atoms in total. The summed E-state index contributed by atoms with van der Waals surface area (Å²) in [4.78, 5) is 4.75. The Labute approximate surface area is 126 Å². The van der Waals surface area contributed by atoms with E-state index in [-0.39, 0.29) is 0 Å². The lowest BCUT2D eigenvalue weighted by molar-refractivity contribution is 0.393. The van der Waals surface area contributed by atoms with Crippen molar-refractivity contribution < 1.29 is 0 Å². The molecular weight excluding hydrogens is 264 g/mol. The largest absolute Gasteiger partial charge is 0.317 e. The number of benzene rings is 1. The molecule has 2 aromatic rings. The fraction of sp³-hybridized carbons (Fsp3) is 0.471. The van der Waals surface area contributed by atoms with E-state index in [1.54, 1.807) is 11.3 Å². The van der Waals surface area contributed by atoms with E-state index in [1.165, 1.54) is 23.4 Å². The lowest BCUT2D eigenvalue weighted by atomic mass is 9.99. The van der Waals surface area contributed by atoms with Crippen LogP contribution in [0, 0.1) is 5.92 Å². The van der Waals surface area contributed by atoms with Gasteiger partial charge in [-0.1, -0.05) is 44.2 Å².